The van der Waals surface area contributed by atoms with Crippen LogP contribution in [0, 0.1) is 11.8 Å². The number of nitrogens with zero attached hydrogens (tertiary/aromatic N) is 1. The van der Waals surface area contributed by atoms with Crippen LogP contribution in [-0.2, 0) is 9.53 Å². The summed E-state index contributed by atoms with van der Waals surface area (Å²) in [6.07, 6.45) is 0.119. The number of esters is 1. The molecule has 0 spiro atoms. The first-order chi connectivity index (χ1) is 5.83. The van der Waals surface area contributed by atoms with Crippen LogP contribution < -0.4 is 0 Å². The molecule has 0 atom stereocenters. The first-order valence-electron chi connectivity index (χ1n) is 3.27. The van der Waals surface area contributed by atoms with Crippen LogP contribution in [0.2, 0.25) is 0 Å². The monoisotopic (exact) mass is 181 g/mol. The summed E-state index contributed by atoms with van der Waals surface area (Å²) in [5.74, 6) is 5.07. The first-order valence-corrected chi connectivity index (χ1v) is 4.21. The quantitative estimate of drug-likeness (QED) is 0.480. The van der Waals surface area contributed by atoms with E-state index in [1.807, 2.05) is 5.38 Å². The molecule has 3 nitrogen and oxygen atoms in total. The van der Waals surface area contributed by atoms with E-state index in [4.69, 9.17) is 0 Å². The van der Waals surface area contributed by atoms with Gasteiger partial charge in [-0.25, -0.2) is 4.98 Å². The topological polar surface area (TPSA) is 39.2 Å². The van der Waals surface area contributed by atoms with Crippen molar-refractivity contribution in [2.75, 3.05) is 7.11 Å². The van der Waals surface area contributed by atoms with E-state index in [1.165, 1.54) is 18.4 Å². The van der Waals surface area contributed by atoms with Crippen LogP contribution >= 0.6 is 11.3 Å². The van der Waals surface area contributed by atoms with Gasteiger partial charge in [-0.05, 0) is 5.92 Å². The average molecular weight is 181 g/mol. The van der Waals surface area contributed by atoms with E-state index >= 15 is 0 Å². The van der Waals surface area contributed by atoms with Gasteiger partial charge in [0.05, 0.1) is 12.6 Å². The van der Waals surface area contributed by atoms with Crippen LogP contribution in [0.4, 0.5) is 0 Å². The normalized spacial score (nSPS) is 8.42. The molecule has 0 unspecified atom stereocenters. The van der Waals surface area contributed by atoms with E-state index in [9.17, 15) is 4.79 Å². The van der Waals surface area contributed by atoms with Gasteiger partial charge in [0.25, 0.3) is 0 Å². The number of rotatable bonds is 1. The van der Waals surface area contributed by atoms with Crippen molar-refractivity contribution in [2.24, 2.45) is 0 Å². The number of ether oxygens (including phenoxy) is 1. The number of aromatic nitrogens is 1. The van der Waals surface area contributed by atoms with E-state index < -0.39 is 0 Å². The van der Waals surface area contributed by atoms with E-state index in [1.54, 1.807) is 5.51 Å². The molecule has 12 heavy (non-hydrogen) atoms. The Morgan fingerprint density at radius 2 is 2.67 bits per heavy atom. The maximum absolute atomic E-state index is 10.6. The summed E-state index contributed by atoms with van der Waals surface area (Å²) in [5.41, 5.74) is 2.39. The van der Waals surface area contributed by atoms with Gasteiger partial charge >= 0.3 is 5.97 Å². The van der Waals surface area contributed by atoms with Gasteiger partial charge in [0.2, 0.25) is 0 Å². The molecule has 1 aromatic heterocycles. The third kappa shape index (κ3) is 2.72. The van der Waals surface area contributed by atoms with Crippen molar-refractivity contribution in [3.63, 3.8) is 0 Å². The Bertz CT molecular complexity index is 308. The van der Waals surface area contributed by atoms with Crippen LogP contribution in [0.25, 0.3) is 0 Å². The number of methoxy groups -OCH3 is 1. The van der Waals surface area contributed by atoms with Gasteiger partial charge in [0.1, 0.15) is 12.1 Å². The van der Waals surface area contributed by atoms with E-state index in [2.05, 4.69) is 21.6 Å². The number of carbonyl (C=O) groups is 1. The third-order valence-corrected chi connectivity index (χ3v) is 1.70. The molecule has 1 rings (SSSR count). The Labute approximate surface area is 74.4 Å². The molecule has 1 aromatic rings. The van der Waals surface area contributed by atoms with Gasteiger partial charge in [0, 0.05) is 5.38 Å². The molecule has 0 aromatic carbocycles. The van der Waals surface area contributed by atoms with Crippen LogP contribution in [0.1, 0.15) is 12.1 Å². The molecule has 62 valence electrons. The van der Waals surface area contributed by atoms with Crippen molar-refractivity contribution in [3.8, 4) is 11.8 Å². The lowest BCUT2D eigenvalue weighted by Crippen LogP contribution is -1.96. The molecule has 0 saturated heterocycles. The summed E-state index contributed by atoms with van der Waals surface area (Å²) in [4.78, 5) is 14.5. The summed E-state index contributed by atoms with van der Waals surface area (Å²) in [6, 6.07) is 0. The van der Waals surface area contributed by atoms with Crippen LogP contribution in [-0.4, -0.2) is 18.1 Å². The van der Waals surface area contributed by atoms with E-state index in [0.29, 0.717) is 5.69 Å². The molecule has 0 aliphatic heterocycles. The molecular formula is C8H7NO2S. The molecule has 0 N–H and O–H groups in total. The predicted octanol–water partition coefficient (Wildman–Crippen LogP) is 1.06. The first kappa shape index (κ1) is 8.75. The molecule has 4 heteroatoms. The summed E-state index contributed by atoms with van der Waals surface area (Å²) < 4.78 is 4.41. The number of thiazole rings is 1. The molecular weight excluding hydrogens is 174 g/mol. The Morgan fingerprint density at radius 3 is 3.25 bits per heavy atom. The van der Waals surface area contributed by atoms with Gasteiger partial charge in [-0.2, -0.15) is 0 Å². The molecule has 0 aliphatic rings. The molecule has 0 bridgehead atoms. The molecule has 0 amide bonds. The summed E-state index contributed by atoms with van der Waals surface area (Å²) in [6.45, 7) is 0. The second-order valence-corrected chi connectivity index (χ2v) is 2.65. The second-order valence-electron chi connectivity index (χ2n) is 1.93. The van der Waals surface area contributed by atoms with Gasteiger partial charge < -0.3 is 4.74 Å². The van der Waals surface area contributed by atoms with E-state index in [-0.39, 0.29) is 12.4 Å². The fraction of sp³-hybridized carbons (Fsp3) is 0.250. The van der Waals surface area contributed by atoms with Crippen LogP contribution in [0.15, 0.2) is 10.9 Å². The summed E-state index contributed by atoms with van der Waals surface area (Å²) >= 11 is 1.47. The zero-order chi connectivity index (χ0) is 8.81. The fourth-order valence-corrected chi connectivity index (χ4v) is 1.04. The Morgan fingerprint density at radius 1 is 1.83 bits per heavy atom. The van der Waals surface area contributed by atoms with Crippen LogP contribution in [0.3, 0.4) is 0 Å². The number of hydrogen-bond donors (Lipinski definition) is 0. The lowest BCUT2D eigenvalue weighted by atomic mass is 10.4. The molecule has 1 heterocycles. The van der Waals surface area contributed by atoms with Crippen molar-refractivity contribution in [1.29, 1.82) is 0 Å². The minimum atomic E-state index is -0.322. The van der Waals surface area contributed by atoms with Gasteiger partial charge in [-0.15, -0.1) is 11.3 Å². The second kappa shape index (κ2) is 4.52. The average Bonchev–Trinajstić information content (AvgIpc) is 2.57. The smallest absolute Gasteiger partial charge is 0.317 e. The predicted molar refractivity (Wildman–Crippen MR) is 45.6 cm³/mol. The highest BCUT2D eigenvalue weighted by atomic mass is 32.1. The fourth-order valence-electron chi connectivity index (χ4n) is 0.553. The largest absolute Gasteiger partial charge is 0.468 e. The van der Waals surface area contributed by atoms with Crippen molar-refractivity contribution in [3.05, 3.63) is 16.6 Å². The highest BCUT2D eigenvalue weighted by Gasteiger charge is 1.93. The van der Waals surface area contributed by atoms with Crippen molar-refractivity contribution in [2.45, 2.75) is 6.42 Å². The zero-order valence-electron chi connectivity index (χ0n) is 6.53. The Hall–Kier alpha value is -1.34. The molecule has 0 saturated carbocycles. The maximum atomic E-state index is 10.6. The van der Waals surface area contributed by atoms with E-state index in [0.717, 1.165) is 0 Å². The molecule has 0 aliphatic carbocycles. The zero-order valence-corrected chi connectivity index (χ0v) is 7.35. The summed E-state index contributed by atoms with van der Waals surface area (Å²) in [5, 5.41) is 1.82. The minimum absolute atomic E-state index is 0.119. The summed E-state index contributed by atoms with van der Waals surface area (Å²) in [7, 11) is 1.34. The highest BCUT2D eigenvalue weighted by Crippen LogP contribution is 1.97. The Balaban J connectivity index is 2.45. The minimum Gasteiger partial charge on any atom is -0.468 e. The number of carbonyl (C=O) groups excluding carboxylic acids is 1. The third-order valence-electron chi connectivity index (χ3n) is 1.11. The lowest BCUT2D eigenvalue weighted by molar-refractivity contribution is -0.139. The van der Waals surface area contributed by atoms with Crippen molar-refractivity contribution < 1.29 is 9.53 Å². The standard InChI is InChI=1S/C8H7NO2S/c1-11-8(10)4-2-3-7-5-12-6-9-7/h5-6H,4H2,1H3. The van der Waals surface area contributed by atoms with Crippen LogP contribution in [0.5, 0.6) is 0 Å². The maximum Gasteiger partial charge on any atom is 0.317 e. The van der Waals surface area contributed by atoms with Crippen molar-refractivity contribution >= 4 is 17.3 Å². The van der Waals surface area contributed by atoms with Crippen molar-refractivity contribution in [1.82, 2.24) is 4.98 Å². The van der Waals surface area contributed by atoms with Gasteiger partial charge in [0.15, 0.2) is 0 Å². The Kier molecular flexibility index (Phi) is 3.30. The number of hydrogen-bond acceptors (Lipinski definition) is 4. The van der Waals surface area contributed by atoms with Gasteiger partial charge in [-0.1, -0.05) is 5.92 Å². The van der Waals surface area contributed by atoms with Gasteiger partial charge in [-0.3, -0.25) is 4.79 Å². The molecule has 0 fully saturated rings. The molecule has 0 radical (unpaired) electrons. The SMILES string of the molecule is COC(=O)CC#Cc1cscn1. The highest BCUT2D eigenvalue weighted by molar-refractivity contribution is 7.07. The lowest BCUT2D eigenvalue weighted by Gasteiger charge is -1.88.